The van der Waals surface area contributed by atoms with E-state index in [9.17, 15) is 9.59 Å². The number of morpholine rings is 1. The number of pyridine rings is 2. The Morgan fingerprint density at radius 1 is 1.18 bits per heavy atom. The molecule has 2 N–H and O–H groups in total. The summed E-state index contributed by atoms with van der Waals surface area (Å²) in [6, 6.07) is 14.4. The van der Waals surface area contributed by atoms with Gasteiger partial charge in [-0.25, -0.2) is 0 Å². The van der Waals surface area contributed by atoms with Crippen LogP contribution in [0.25, 0.3) is 10.9 Å². The predicted molar refractivity (Wildman–Crippen MR) is 106 cm³/mol. The molecule has 1 saturated heterocycles. The summed E-state index contributed by atoms with van der Waals surface area (Å²) in [4.78, 5) is 34.4. The SMILES string of the molecule is O=C(NC[C@@H](c1ccccn1)N1CCOCC1)c1cc(=O)[nH]c2ccccc12. The summed E-state index contributed by atoms with van der Waals surface area (Å²) < 4.78 is 5.45. The second-order valence-corrected chi connectivity index (χ2v) is 6.72. The lowest BCUT2D eigenvalue weighted by molar-refractivity contribution is 0.0154. The molecule has 7 heteroatoms. The van der Waals surface area contributed by atoms with Gasteiger partial charge in [0.15, 0.2) is 0 Å². The standard InChI is InChI=1S/C21H22N4O3/c26-20-13-16(15-5-1-2-6-17(15)24-20)21(27)23-14-19(18-7-3-4-8-22-18)25-9-11-28-12-10-25/h1-8,13,19H,9-12,14H2,(H,23,27)(H,24,26)/t19-/m0/s1. The molecule has 0 aliphatic carbocycles. The van der Waals surface area contributed by atoms with Crippen molar-refractivity contribution in [1.29, 1.82) is 0 Å². The molecule has 1 aliphatic heterocycles. The Morgan fingerprint density at radius 2 is 1.96 bits per heavy atom. The van der Waals surface area contributed by atoms with Crippen molar-refractivity contribution in [1.82, 2.24) is 20.2 Å². The molecule has 0 saturated carbocycles. The number of rotatable bonds is 5. The van der Waals surface area contributed by atoms with Crippen LogP contribution in [0, 0.1) is 0 Å². The Hall–Kier alpha value is -3.03. The van der Waals surface area contributed by atoms with Crippen molar-refractivity contribution in [2.75, 3.05) is 32.8 Å². The highest BCUT2D eigenvalue weighted by Gasteiger charge is 2.24. The fourth-order valence-corrected chi connectivity index (χ4v) is 3.56. The molecular weight excluding hydrogens is 356 g/mol. The summed E-state index contributed by atoms with van der Waals surface area (Å²) in [5.74, 6) is -0.267. The van der Waals surface area contributed by atoms with Crippen molar-refractivity contribution in [2.45, 2.75) is 6.04 Å². The van der Waals surface area contributed by atoms with Crippen LogP contribution in [0.1, 0.15) is 22.1 Å². The molecular formula is C21H22N4O3. The summed E-state index contributed by atoms with van der Waals surface area (Å²) in [7, 11) is 0. The third-order valence-electron chi connectivity index (χ3n) is 4.97. The molecule has 28 heavy (non-hydrogen) atoms. The lowest BCUT2D eigenvalue weighted by Gasteiger charge is -2.34. The highest BCUT2D eigenvalue weighted by Crippen LogP contribution is 2.20. The number of hydrogen-bond donors (Lipinski definition) is 2. The molecule has 1 aliphatic rings. The monoisotopic (exact) mass is 378 g/mol. The third kappa shape index (κ3) is 3.95. The average Bonchev–Trinajstić information content (AvgIpc) is 2.74. The van der Waals surface area contributed by atoms with E-state index in [1.54, 1.807) is 12.3 Å². The Morgan fingerprint density at radius 3 is 2.75 bits per heavy atom. The zero-order chi connectivity index (χ0) is 19.3. The second kappa shape index (κ2) is 8.33. The number of benzene rings is 1. The van der Waals surface area contributed by atoms with E-state index in [-0.39, 0.29) is 17.5 Å². The first-order valence-electron chi connectivity index (χ1n) is 9.35. The fraction of sp³-hybridized carbons (Fsp3) is 0.286. The molecule has 1 amide bonds. The quantitative estimate of drug-likeness (QED) is 0.706. The first-order valence-corrected chi connectivity index (χ1v) is 9.35. The number of para-hydroxylation sites is 1. The van der Waals surface area contributed by atoms with Crippen molar-refractivity contribution >= 4 is 16.8 Å². The lowest BCUT2D eigenvalue weighted by atomic mass is 10.1. The van der Waals surface area contributed by atoms with E-state index >= 15 is 0 Å². The molecule has 0 spiro atoms. The van der Waals surface area contributed by atoms with Crippen LogP contribution < -0.4 is 10.9 Å². The minimum absolute atomic E-state index is 0.0534. The Balaban J connectivity index is 1.57. The Bertz CT molecular complexity index is 1010. The van der Waals surface area contributed by atoms with Gasteiger partial charge in [0.1, 0.15) is 0 Å². The molecule has 4 rings (SSSR count). The van der Waals surface area contributed by atoms with Crippen LogP contribution in [0.5, 0.6) is 0 Å². The zero-order valence-electron chi connectivity index (χ0n) is 15.4. The zero-order valence-corrected chi connectivity index (χ0v) is 15.4. The van der Waals surface area contributed by atoms with Gasteiger partial charge < -0.3 is 15.0 Å². The predicted octanol–water partition coefficient (Wildman–Crippen LogP) is 1.73. The van der Waals surface area contributed by atoms with E-state index in [1.807, 2.05) is 36.4 Å². The highest BCUT2D eigenvalue weighted by molar-refractivity contribution is 6.05. The summed E-state index contributed by atoms with van der Waals surface area (Å²) in [5, 5.41) is 3.72. The van der Waals surface area contributed by atoms with Gasteiger partial charge in [-0.05, 0) is 18.2 Å². The van der Waals surface area contributed by atoms with Crippen LogP contribution in [-0.4, -0.2) is 53.6 Å². The summed E-state index contributed by atoms with van der Waals surface area (Å²) >= 11 is 0. The number of aromatic amines is 1. The molecule has 1 atom stereocenters. The minimum Gasteiger partial charge on any atom is -0.379 e. The van der Waals surface area contributed by atoms with Crippen LogP contribution in [0.4, 0.5) is 0 Å². The largest absolute Gasteiger partial charge is 0.379 e. The normalized spacial score (nSPS) is 16.0. The van der Waals surface area contributed by atoms with Gasteiger partial charge in [-0.3, -0.25) is 19.5 Å². The average molecular weight is 378 g/mol. The van der Waals surface area contributed by atoms with Crippen LogP contribution in [0.2, 0.25) is 0 Å². The highest BCUT2D eigenvalue weighted by atomic mass is 16.5. The van der Waals surface area contributed by atoms with E-state index in [4.69, 9.17) is 4.74 Å². The topological polar surface area (TPSA) is 87.3 Å². The molecule has 3 heterocycles. The number of H-pyrrole nitrogens is 1. The number of aromatic nitrogens is 2. The number of amides is 1. The van der Waals surface area contributed by atoms with Gasteiger partial charge in [0.05, 0.1) is 30.5 Å². The van der Waals surface area contributed by atoms with Gasteiger partial charge >= 0.3 is 0 Å². The number of carbonyl (C=O) groups is 1. The van der Waals surface area contributed by atoms with Gasteiger partial charge in [0, 0.05) is 42.8 Å². The first-order chi connectivity index (χ1) is 13.7. The molecule has 3 aromatic rings. The number of carbonyl (C=O) groups excluding carboxylic acids is 1. The summed E-state index contributed by atoms with van der Waals surface area (Å²) in [6.07, 6.45) is 1.76. The van der Waals surface area contributed by atoms with Gasteiger partial charge in [0.2, 0.25) is 5.56 Å². The smallest absolute Gasteiger partial charge is 0.252 e. The van der Waals surface area contributed by atoms with Crippen molar-refractivity contribution in [3.63, 3.8) is 0 Å². The van der Waals surface area contributed by atoms with Crippen LogP contribution in [0.15, 0.2) is 59.5 Å². The molecule has 0 bridgehead atoms. The molecule has 2 aromatic heterocycles. The van der Waals surface area contributed by atoms with Crippen molar-refractivity contribution in [3.8, 4) is 0 Å². The number of fused-ring (bicyclic) bond motifs is 1. The van der Waals surface area contributed by atoms with Gasteiger partial charge in [-0.2, -0.15) is 0 Å². The molecule has 7 nitrogen and oxygen atoms in total. The van der Waals surface area contributed by atoms with E-state index < -0.39 is 0 Å². The Kier molecular flexibility index (Phi) is 5.45. The van der Waals surface area contributed by atoms with Crippen molar-refractivity contribution in [2.24, 2.45) is 0 Å². The number of hydrogen-bond acceptors (Lipinski definition) is 5. The molecule has 0 radical (unpaired) electrons. The van der Waals surface area contributed by atoms with E-state index in [0.717, 1.165) is 24.2 Å². The number of ether oxygens (including phenoxy) is 1. The number of nitrogens with one attached hydrogen (secondary N) is 2. The third-order valence-corrected chi connectivity index (χ3v) is 4.97. The lowest BCUT2D eigenvalue weighted by Crippen LogP contribution is -2.44. The van der Waals surface area contributed by atoms with Gasteiger partial charge in [-0.1, -0.05) is 24.3 Å². The number of nitrogens with zero attached hydrogens (tertiary/aromatic N) is 2. The van der Waals surface area contributed by atoms with E-state index in [2.05, 4.69) is 20.2 Å². The molecule has 1 aromatic carbocycles. The molecule has 144 valence electrons. The van der Waals surface area contributed by atoms with Crippen LogP contribution >= 0.6 is 0 Å². The summed E-state index contributed by atoms with van der Waals surface area (Å²) in [6.45, 7) is 3.29. The van der Waals surface area contributed by atoms with Gasteiger partial charge in [-0.15, -0.1) is 0 Å². The van der Waals surface area contributed by atoms with Crippen molar-refractivity contribution in [3.05, 3.63) is 76.3 Å². The minimum atomic E-state index is -0.293. The van der Waals surface area contributed by atoms with Gasteiger partial charge in [0.25, 0.3) is 5.91 Å². The Labute approximate surface area is 162 Å². The molecule has 1 fully saturated rings. The van der Waals surface area contributed by atoms with Crippen molar-refractivity contribution < 1.29 is 9.53 Å². The first kappa shape index (κ1) is 18.3. The van der Waals surface area contributed by atoms with Crippen LogP contribution in [-0.2, 0) is 4.74 Å². The maximum absolute atomic E-state index is 12.9. The second-order valence-electron chi connectivity index (χ2n) is 6.72. The maximum Gasteiger partial charge on any atom is 0.252 e. The van der Waals surface area contributed by atoms with E-state index in [0.29, 0.717) is 30.8 Å². The fourth-order valence-electron chi connectivity index (χ4n) is 3.56. The maximum atomic E-state index is 12.9. The van der Waals surface area contributed by atoms with E-state index in [1.165, 1.54) is 6.07 Å². The molecule has 0 unspecified atom stereocenters. The van der Waals surface area contributed by atoms with Crippen LogP contribution in [0.3, 0.4) is 0 Å². The summed E-state index contributed by atoms with van der Waals surface area (Å²) in [5.41, 5.74) is 1.63.